The van der Waals surface area contributed by atoms with E-state index in [2.05, 4.69) is 32.3 Å². The highest BCUT2D eigenvalue weighted by atomic mass is 16.6. The number of hydrogen-bond acceptors (Lipinski definition) is 3. The maximum absolute atomic E-state index is 11.5. The smallest absolute Gasteiger partial charge is 0.331 e. The minimum absolute atomic E-state index is 0.0925. The molecule has 0 N–H and O–H groups in total. The van der Waals surface area contributed by atoms with Crippen molar-refractivity contribution in [3.05, 3.63) is 12.7 Å². The molecule has 0 aliphatic rings. The molecule has 0 aliphatic heterocycles. The third kappa shape index (κ3) is 10.8. The third-order valence-electron chi connectivity index (χ3n) is 4.19. The number of carbonyl (C=O) groups excluding carboxylic acids is 1. The predicted octanol–water partition coefficient (Wildman–Crippen LogP) is 5.30. The van der Waals surface area contributed by atoms with Crippen molar-refractivity contribution in [2.24, 2.45) is 0 Å². The third-order valence-corrected chi connectivity index (χ3v) is 4.19. The molecule has 0 radical (unpaired) electrons. The summed E-state index contributed by atoms with van der Waals surface area (Å²) in [7, 11) is 0. The molecular weight excluding hydrogens is 274 g/mol. The summed E-state index contributed by atoms with van der Waals surface area (Å²) in [5.74, 6) is -0.312. The molecule has 3 heteroatoms. The molecule has 0 saturated carbocycles. The predicted molar refractivity (Wildman–Crippen MR) is 94.8 cm³/mol. The summed E-state index contributed by atoms with van der Waals surface area (Å²) in [6.45, 7) is 11.8. The number of nitrogens with zero attached hydrogens (tertiary/aromatic N) is 1. The Morgan fingerprint density at radius 3 is 1.91 bits per heavy atom. The van der Waals surface area contributed by atoms with Crippen LogP contribution in [0.2, 0.25) is 0 Å². The summed E-state index contributed by atoms with van der Waals surface area (Å²) in [6, 6.07) is 0. The molecule has 1 atom stereocenters. The second kappa shape index (κ2) is 15.1. The largest absolute Gasteiger partial charge is 0.443 e. The van der Waals surface area contributed by atoms with Crippen molar-refractivity contribution in [3.8, 4) is 0 Å². The Balaban J connectivity index is 3.83. The van der Waals surface area contributed by atoms with Crippen LogP contribution in [0.15, 0.2) is 12.7 Å². The number of ether oxygens (including phenoxy) is 1. The van der Waals surface area contributed by atoms with Crippen LogP contribution in [0, 0.1) is 0 Å². The molecular formula is C19H37NO2. The Kier molecular flexibility index (Phi) is 14.5. The minimum atomic E-state index is -0.312. The molecule has 22 heavy (non-hydrogen) atoms. The van der Waals surface area contributed by atoms with Gasteiger partial charge >= 0.3 is 5.97 Å². The molecule has 0 saturated heterocycles. The molecule has 0 fully saturated rings. The maximum Gasteiger partial charge on any atom is 0.331 e. The summed E-state index contributed by atoms with van der Waals surface area (Å²) < 4.78 is 5.48. The van der Waals surface area contributed by atoms with Crippen LogP contribution in [-0.4, -0.2) is 30.2 Å². The Morgan fingerprint density at radius 1 is 0.955 bits per heavy atom. The summed E-state index contributed by atoms with van der Waals surface area (Å²) in [6.07, 6.45) is 13.9. The lowest BCUT2D eigenvalue weighted by Crippen LogP contribution is -2.38. The Labute approximate surface area is 138 Å². The van der Waals surface area contributed by atoms with Gasteiger partial charge in [0.15, 0.2) is 6.23 Å². The van der Waals surface area contributed by atoms with E-state index in [1.54, 1.807) is 0 Å². The monoisotopic (exact) mass is 311 g/mol. The first kappa shape index (κ1) is 21.2. The van der Waals surface area contributed by atoms with Gasteiger partial charge in [0.1, 0.15) is 0 Å². The van der Waals surface area contributed by atoms with Gasteiger partial charge in [0.05, 0.1) is 0 Å². The Hall–Kier alpha value is -0.830. The van der Waals surface area contributed by atoms with Gasteiger partial charge in [0.2, 0.25) is 0 Å². The zero-order valence-corrected chi connectivity index (χ0v) is 15.1. The molecule has 0 bridgehead atoms. The van der Waals surface area contributed by atoms with Gasteiger partial charge in [-0.2, -0.15) is 0 Å². The van der Waals surface area contributed by atoms with Gasteiger partial charge < -0.3 is 4.74 Å². The van der Waals surface area contributed by atoms with Gasteiger partial charge in [0.25, 0.3) is 0 Å². The van der Waals surface area contributed by atoms with E-state index in [1.165, 1.54) is 57.4 Å². The van der Waals surface area contributed by atoms with E-state index >= 15 is 0 Å². The normalized spacial score (nSPS) is 12.4. The first-order chi connectivity index (χ1) is 10.7. The van der Waals surface area contributed by atoms with Gasteiger partial charge in [0, 0.05) is 6.08 Å². The highest BCUT2D eigenvalue weighted by Gasteiger charge is 2.18. The summed E-state index contributed by atoms with van der Waals surface area (Å²) in [5, 5.41) is 0. The molecule has 0 aliphatic carbocycles. The van der Waals surface area contributed by atoms with Crippen LogP contribution in [0.1, 0.15) is 85.0 Å². The van der Waals surface area contributed by atoms with Gasteiger partial charge in [-0.3, -0.25) is 4.90 Å². The fraction of sp³-hybridized carbons (Fsp3) is 0.842. The highest BCUT2D eigenvalue weighted by Crippen LogP contribution is 2.15. The molecule has 3 nitrogen and oxygen atoms in total. The lowest BCUT2D eigenvalue weighted by molar-refractivity contribution is -0.153. The van der Waals surface area contributed by atoms with Crippen LogP contribution in [0.4, 0.5) is 0 Å². The van der Waals surface area contributed by atoms with Gasteiger partial charge in [-0.1, -0.05) is 78.7 Å². The van der Waals surface area contributed by atoms with Crippen LogP contribution in [0.25, 0.3) is 0 Å². The molecule has 1 unspecified atom stereocenters. The van der Waals surface area contributed by atoms with Crippen molar-refractivity contribution in [2.45, 2.75) is 91.2 Å². The minimum Gasteiger partial charge on any atom is -0.443 e. The number of esters is 1. The van der Waals surface area contributed by atoms with Gasteiger partial charge in [-0.05, 0) is 25.9 Å². The second-order valence-electron chi connectivity index (χ2n) is 5.93. The van der Waals surface area contributed by atoms with Crippen molar-refractivity contribution in [1.29, 1.82) is 0 Å². The van der Waals surface area contributed by atoms with E-state index in [0.717, 1.165) is 25.9 Å². The van der Waals surface area contributed by atoms with Gasteiger partial charge in [-0.15, -0.1) is 0 Å². The molecule has 0 heterocycles. The van der Waals surface area contributed by atoms with E-state index in [-0.39, 0.29) is 12.2 Å². The summed E-state index contributed by atoms with van der Waals surface area (Å²) >= 11 is 0. The fourth-order valence-corrected chi connectivity index (χ4v) is 2.76. The first-order valence-corrected chi connectivity index (χ1v) is 9.26. The van der Waals surface area contributed by atoms with Crippen LogP contribution in [-0.2, 0) is 9.53 Å². The SMILES string of the molecule is C=CC(=O)OC(CCCCCCCCCCC)N(CC)CC. The van der Waals surface area contributed by atoms with E-state index in [1.807, 2.05) is 0 Å². The molecule has 0 aromatic heterocycles. The molecule has 130 valence electrons. The average molecular weight is 312 g/mol. The van der Waals surface area contributed by atoms with Crippen molar-refractivity contribution >= 4 is 5.97 Å². The maximum atomic E-state index is 11.5. The van der Waals surface area contributed by atoms with E-state index < -0.39 is 0 Å². The van der Waals surface area contributed by atoms with Crippen LogP contribution in [0.5, 0.6) is 0 Å². The summed E-state index contributed by atoms with van der Waals surface area (Å²) in [5.41, 5.74) is 0. The topological polar surface area (TPSA) is 29.5 Å². The summed E-state index contributed by atoms with van der Waals surface area (Å²) in [4.78, 5) is 13.7. The zero-order chi connectivity index (χ0) is 16.6. The number of carbonyl (C=O) groups is 1. The highest BCUT2D eigenvalue weighted by molar-refractivity contribution is 5.81. The lowest BCUT2D eigenvalue weighted by Gasteiger charge is -2.28. The second-order valence-corrected chi connectivity index (χ2v) is 5.93. The molecule has 0 spiro atoms. The lowest BCUT2D eigenvalue weighted by atomic mass is 10.1. The standard InChI is InChI=1S/C19H37NO2/c1-5-9-10-11-12-13-14-15-16-17-18(20(7-3)8-4)22-19(21)6-2/h6,18H,2,5,7-17H2,1,3-4H3. The van der Waals surface area contributed by atoms with Crippen molar-refractivity contribution in [2.75, 3.05) is 13.1 Å². The van der Waals surface area contributed by atoms with Crippen LogP contribution in [0.3, 0.4) is 0 Å². The van der Waals surface area contributed by atoms with E-state index in [0.29, 0.717) is 0 Å². The van der Waals surface area contributed by atoms with Gasteiger partial charge in [-0.25, -0.2) is 4.79 Å². The molecule has 0 rings (SSSR count). The Morgan fingerprint density at radius 2 is 1.45 bits per heavy atom. The van der Waals surface area contributed by atoms with E-state index in [4.69, 9.17) is 4.74 Å². The van der Waals surface area contributed by atoms with E-state index in [9.17, 15) is 4.79 Å². The van der Waals surface area contributed by atoms with Crippen molar-refractivity contribution < 1.29 is 9.53 Å². The quantitative estimate of drug-likeness (QED) is 0.178. The number of rotatable bonds is 15. The number of unbranched alkanes of at least 4 members (excludes halogenated alkanes) is 8. The van der Waals surface area contributed by atoms with Crippen molar-refractivity contribution in [1.82, 2.24) is 4.90 Å². The molecule has 0 aromatic carbocycles. The van der Waals surface area contributed by atoms with Crippen LogP contribution < -0.4 is 0 Å². The molecule has 0 amide bonds. The fourth-order valence-electron chi connectivity index (χ4n) is 2.76. The van der Waals surface area contributed by atoms with Crippen molar-refractivity contribution in [3.63, 3.8) is 0 Å². The zero-order valence-electron chi connectivity index (χ0n) is 15.1. The number of hydrogen-bond donors (Lipinski definition) is 0. The average Bonchev–Trinajstić information content (AvgIpc) is 2.53. The Bertz CT molecular complexity index is 275. The molecule has 0 aromatic rings. The first-order valence-electron chi connectivity index (χ1n) is 9.26. The van der Waals surface area contributed by atoms with Crippen LogP contribution >= 0.6 is 0 Å².